The molecule has 0 amide bonds. The van der Waals surface area contributed by atoms with Gasteiger partial charge in [0.15, 0.2) is 0 Å². The second kappa shape index (κ2) is 4.97. The molecule has 1 aromatic heterocycles. The lowest BCUT2D eigenvalue weighted by atomic mass is 10.0. The standard InChI is InChI=1S/C16H20FNO/c1-3-8-18-15(11-4-5-11)16-10(2)13-9-12(17)6-7-14(13)19-16/h6-7,9,11,15,18H,3-5,8H2,1-2H3. The summed E-state index contributed by atoms with van der Waals surface area (Å²) in [4.78, 5) is 0. The number of nitrogens with one attached hydrogen (secondary N) is 1. The van der Waals surface area contributed by atoms with Gasteiger partial charge in [0.1, 0.15) is 17.2 Å². The van der Waals surface area contributed by atoms with Crippen molar-refractivity contribution >= 4 is 11.0 Å². The van der Waals surface area contributed by atoms with Crippen LogP contribution in [0.2, 0.25) is 0 Å². The van der Waals surface area contributed by atoms with Crippen LogP contribution in [0.1, 0.15) is 43.6 Å². The summed E-state index contributed by atoms with van der Waals surface area (Å²) in [5.41, 5.74) is 1.87. The summed E-state index contributed by atoms with van der Waals surface area (Å²) >= 11 is 0. The topological polar surface area (TPSA) is 25.2 Å². The molecule has 2 nitrogen and oxygen atoms in total. The Morgan fingerprint density at radius 2 is 2.21 bits per heavy atom. The smallest absolute Gasteiger partial charge is 0.134 e. The van der Waals surface area contributed by atoms with Crippen LogP contribution in [0.3, 0.4) is 0 Å². The number of fused-ring (bicyclic) bond motifs is 1. The first-order valence-corrected chi connectivity index (χ1v) is 7.12. The third-order valence-electron chi connectivity index (χ3n) is 3.93. The van der Waals surface area contributed by atoms with Crippen LogP contribution < -0.4 is 5.32 Å². The van der Waals surface area contributed by atoms with Gasteiger partial charge in [0.2, 0.25) is 0 Å². The average Bonchev–Trinajstić information content (AvgIpc) is 3.18. The fourth-order valence-corrected chi connectivity index (χ4v) is 2.71. The highest BCUT2D eigenvalue weighted by Gasteiger charge is 2.35. The lowest BCUT2D eigenvalue weighted by Crippen LogP contribution is -2.23. The first-order chi connectivity index (χ1) is 9.20. The Morgan fingerprint density at radius 3 is 2.89 bits per heavy atom. The van der Waals surface area contributed by atoms with Gasteiger partial charge in [0.25, 0.3) is 0 Å². The van der Waals surface area contributed by atoms with Gasteiger partial charge < -0.3 is 9.73 Å². The summed E-state index contributed by atoms with van der Waals surface area (Å²) in [5.74, 6) is 1.47. The second-order valence-electron chi connectivity index (χ2n) is 5.50. The third-order valence-corrected chi connectivity index (χ3v) is 3.93. The van der Waals surface area contributed by atoms with Crippen molar-refractivity contribution in [1.82, 2.24) is 5.32 Å². The van der Waals surface area contributed by atoms with Crippen molar-refractivity contribution in [2.24, 2.45) is 5.92 Å². The van der Waals surface area contributed by atoms with Gasteiger partial charge in [0.05, 0.1) is 6.04 Å². The lowest BCUT2D eigenvalue weighted by Gasteiger charge is -2.16. The zero-order chi connectivity index (χ0) is 13.4. The average molecular weight is 261 g/mol. The summed E-state index contributed by atoms with van der Waals surface area (Å²) in [6, 6.07) is 5.04. The molecule has 0 spiro atoms. The molecule has 0 aliphatic heterocycles. The Morgan fingerprint density at radius 1 is 1.42 bits per heavy atom. The van der Waals surface area contributed by atoms with E-state index in [-0.39, 0.29) is 11.9 Å². The molecular formula is C16H20FNO. The van der Waals surface area contributed by atoms with Gasteiger partial charge in [-0.2, -0.15) is 0 Å². The van der Waals surface area contributed by atoms with E-state index in [1.165, 1.54) is 18.9 Å². The van der Waals surface area contributed by atoms with Gasteiger partial charge in [-0.1, -0.05) is 6.92 Å². The minimum absolute atomic E-state index is 0.201. The zero-order valence-electron chi connectivity index (χ0n) is 11.5. The number of hydrogen-bond acceptors (Lipinski definition) is 2. The molecule has 1 N–H and O–H groups in total. The highest BCUT2D eigenvalue weighted by Crippen LogP contribution is 2.43. The number of halogens is 1. The molecule has 1 aromatic carbocycles. The third kappa shape index (κ3) is 2.39. The summed E-state index contributed by atoms with van der Waals surface area (Å²) in [6.45, 7) is 5.19. The van der Waals surface area contributed by atoms with Crippen molar-refractivity contribution in [3.63, 3.8) is 0 Å². The van der Waals surface area contributed by atoms with E-state index in [1.807, 2.05) is 6.92 Å². The van der Waals surface area contributed by atoms with Gasteiger partial charge in [-0.25, -0.2) is 4.39 Å². The van der Waals surface area contributed by atoms with Gasteiger partial charge in [0, 0.05) is 10.9 Å². The Bertz CT molecular complexity index is 586. The lowest BCUT2D eigenvalue weighted by molar-refractivity contribution is 0.394. The van der Waals surface area contributed by atoms with Crippen molar-refractivity contribution in [1.29, 1.82) is 0 Å². The van der Waals surface area contributed by atoms with Crippen LogP contribution >= 0.6 is 0 Å². The maximum absolute atomic E-state index is 13.3. The number of furan rings is 1. The monoisotopic (exact) mass is 261 g/mol. The van der Waals surface area contributed by atoms with E-state index in [0.717, 1.165) is 35.3 Å². The largest absolute Gasteiger partial charge is 0.459 e. The van der Waals surface area contributed by atoms with Crippen molar-refractivity contribution in [2.45, 2.75) is 39.2 Å². The SMILES string of the molecule is CCCNC(c1oc2ccc(F)cc2c1C)C1CC1. The Balaban J connectivity index is 2.00. The Hall–Kier alpha value is -1.35. The van der Waals surface area contributed by atoms with Gasteiger partial charge in [-0.3, -0.25) is 0 Å². The summed E-state index contributed by atoms with van der Waals surface area (Å²) < 4.78 is 19.3. The number of benzene rings is 1. The van der Waals surface area contributed by atoms with Crippen LogP contribution in [-0.2, 0) is 0 Å². The molecule has 1 atom stereocenters. The number of aryl methyl sites for hydroxylation is 1. The maximum atomic E-state index is 13.3. The normalized spacial score (nSPS) is 17.0. The molecule has 0 saturated heterocycles. The summed E-state index contributed by atoms with van der Waals surface area (Å²) in [6.07, 6.45) is 3.62. The predicted octanol–water partition coefficient (Wildman–Crippen LogP) is 4.33. The molecule has 1 fully saturated rings. The molecule has 19 heavy (non-hydrogen) atoms. The van der Waals surface area contributed by atoms with Crippen LogP contribution in [0.5, 0.6) is 0 Å². The predicted molar refractivity (Wildman–Crippen MR) is 74.7 cm³/mol. The van der Waals surface area contributed by atoms with Crippen LogP contribution in [0, 0.1) is 18.7 Å². The minimum atomic E-state index is -0.201. The van der Waals surface area contributed by atoms with Crippen LogP contribution in [0.25, 0.3) is 11.0 Å². The summed E-state index contributed by atoms with van der Waals surface area (Å²) in [7, 11) is 0. The first kappa shape index (κ1) is 12.7. The fourth-order valence-electron chi connectivity index (χ4n) is 2.71. The van der Waals surface area contributed by atoms with E-state index in [9.17, 15) is 4.39 Å². The van der Waals surface area contributed by atoms with Crippen molar-refractivity contribution in [3.8, 4) is 0 Å². The van der Waals surface area contributed by atoms with Crippen LogP contribution in [0.4, 0.5) is 4.39 Å². The quantitative estimate of drug-likeness (QED) is 0.866. The number of rotatable bonds is 5. The van der Waals surface area contributed by atoms with Crippen molar-refractivity contribution < 1.29 is 8.81 Å². The van der Waals surface area contributed by atoms with Gasteiger partial charge in [-0.05, 0) is 56.8 Å². The first-order valence-electron chi connectivity index (χ1n) is 7.12. The molecule has 0 radical (unpaired) electrons. The molecule has 2 aromatic rings. The molecule has 0 bridgehead atoms. The summed E-state index contributed by atoms with van der Waals surface area (Å²) in [5, 5.41) is 4.48. The van der Waals surface area contributed by atoms with Crippen LogP contribution in [-0.4, -0.2) is 6.54 Å². The van der Waals surface area contributed by atoms with Gasteiger partial charge in [-0.15, -0.1) is 0 Å². The van der Waals surface area contributed by atoms with Crippen molar-refractivity contribution in [2.75, 3.05) is 6.54 Å². The highest BCUT2D eigenvalue weighted by atomic mass is 19.1. The fraction of sp³-hybridized carbons (Fsp3) is 0.500. The second-order valence-corrected chi connectivity index (χ2v) is 5.50. The molecular weight excluding hydrogens is 241 g/mol. The van der Waals surface area contributed by atoms with E-state index in [1.54, 1.807) is 12.1 Å². The van der Waals surface area contributed by atoms with E-state index in [0.29, 0.717) is 5.92 Å². The molecule has 3 heteroatoms. The maximum Gasteiger partial charge on any atom is 0.134 e. The molecule has 1 aliphatic rings. The Kier molecular flexibility index (Phi) is 3.31. The molecule has 1 saturated carbocycles. The Labute approximate surface area is 113 Å². The van der Waals surface area contributed by atoms with E-state index in [2.05, 4.69) is 12.2 Å². The zero-order valence-corrected chi connectivity index (χ0v) is 11.5. The number of hydrogen-bond donors (Lipinski definition) is 1. The van der Waals surface area contributed by atoms with Crippen LogP contribution in [0.15, 0.2) is 22.6 Å². The molecule has 3 rings (SSSR count). The van der Waals surface area contributed by atoms with E-state index in [4.69, 9.17) is 4.42 Å². The van der Waals surface area contributed by atoms with E-state index >= 15 is 0 Å². The highest BCUT2D eigenvalue weighted by molar-refractivity contribution is 5.82. The molecule has 1 unspecified atom stereocenters. The minimum Gasteiger partial charge on any atom is -0.459 e. The van der Waals surface area contributed by atoms with E-state index < -0.39 is 0 Å². The molecule has 102 valence electrons. The van der Waals surface area contributed by atoms with Gasteiger partial charge >= 0.3 is 0 Å². The molecule has 1 aliphatic carbocycles. The van der Waals surface area contributed by atoms with Crippen molar-refractivity contribution in [3.05, 3.63) is 35.3 Å². The molecule has 1 heterocycles.